The van der Waals surface area contributed by atoms with E-state index in [0.29, 0.717) is 68.7 Å². The molecule has 0 spiro atoms. The van der Waals surface area contributed by atoms with Crippen LogP contribution in [0.5, 0.6) is 23.1 Å². The molecule has 0 fully saturated rings. The summed E-state index contributed by atoms with van der Waals surface area (Å²) in [5.41, 5.74) is 3.64. The Hall–Kier alpha value is -5.05. The minimum absolute atomic E-state index is 0.0194. The molecule has 0 aliphatic rings. The quantitative estimate of drug-likeness (QED) is 0.212. The van der Waals surface area contributed by atoms with Crippen LogP contribution in [0.1, 0.15) is 34.1 Å². The number of carbonyl (C=O) groups is 1. The molecule has 41 heavy (non-hydrogen) atoms. The summed E-state index contributed by atoms with van der Waals surface area (Å²) in [5.74, 6) is 1.12. The molecule has 0 aliphatic carbocycles. The fourth-order valence-corrected chi connectivity index (χ4v) is 4.63. The molecule has 3 aromatic heterocycles. The number of methoxy groups -OCH3 is 1. The number of aromatic nitrogens is 3. The number of hydrogen-bond acceptors (Lipinski definition) is 7. The van der Waals surface area contributed by atoms with Gasteiger partial charge in [-0.3, -0.25) is 14.6 Å². The molecule has 3 heterocycles. The smallest absolute Gasteiger partial charge is 0.257 e. The van der Waals surface area contributed by atoms with Gasteiger partial charge in [0.2, 0.25) is 0 Å². The second-order valence-corrected chi connectivity index (χ2v) is 9.44. The molecule has 0 amide bonds. The average Bonchev–Trinajstić information content (AvgIpc) is 2.95. The highest BCUT2D eigenvalue weighted by atomic mass is 19.1. The summed E-state index contributed by atoms with van der Waals surface area (Å²) in [5, 5.41) is 0. The predicted molar refractivity (Wildman–Crippen MR) is 154 cm³/mol. The molecule has 208 valence electrons. The van der Waals surface area contributed by atoms with E-state index >= 15 is 0 Å². The lowest BCUT2D eigenvalue weighted by atomic mass is 9.95. The maximum atomic E-state index is 13.6. The summed E-state index contributed by atoms with van der Waals surface area (Å²) in [7, 11) is 1.54. The van der Waals surface area contributed by atoms with Gasteiger partial charge < -0.3 is 19.2 Å². The van der Waals surface area contributed by atoms with Crippen molar-refractivity contribution in [3.05, 3.63) is 105 Å². The number of benzene rings is 2. The molecule has 0 saturated heterocycles. The van der Waals surface area contributed by atoms with Crippen molar-refractivity contribution in [1.82, 2.24) is 15.0 Å². The highest BCUT2D eigenvalue weighted by molar-refractivity contribution is 5.98. The summed E-state index contributed by atoms with van der Waals surface area (Å²) in [6, 6.07) is 14.7. The van der Waals surface area contributed by atoms with E-state index in [1.165, 1.54) is 18.3 Å². The SMILES string of the molecule is CCOc1nc2c(Oc3ccc(CC(=O)c4c[nH]c(C)c(-c5ccc(F)cc5C)c4=O)cc3)ccnc2cc1OC. The zero-order valence-electron chi connectivity index (χ0n) is 23.1. The molecule has 5 aromatic rings. The third-order valence-corrected chi connectivity index (χ3v) is 6.66. The number of ether oxygens (including phenoxy) is 3. The van der Waals surface area contributed by atoms with Crippen molar-refractivity contribution in [2.75, 3.05) is 13.7 Å². The maximum Gasteiger partial charge on any atom is 0.257 e. The molecule has 8 nitrogen and oxygen atoms in total. The zero-order chi connectivity index (χ0) is 29.1. The highest BCUT2D eigenvalue weighted by Crippen LogP contribution is 2.34. The monoisotopic (exact) mass is 553 g/mol. The van der Waals surface area contributed by atoms with E-state index < -0.39 is 0 Å². The number of hydrogen-bond donors (Lipinski definition) is 1. The van der Waals surface area contributed by atoms with Gasteiger partial charge in [-0.15, -0.1) is 0 Å². The summed E-state index contributed by atoms with van der Waals surface area (Å²) in [4.78, 5) is 38.5. The standard InChI is InChI=1S/C32H28FN3O5/c1-5-40-32-28(39-4)16-25-30(36-32)27(12-13-34-25)41-22-9-6-20(7-10-22)15-26(37)24-17-35-19(3)29(31(24)38)23-11-8-21(33)14-18(23)2/h6-14,16-17H,5,15H2,1-4H3,(H,35,38). The molecule has 0 unspecified atom stereocenters. The second kappa shape index (κ2) is 11.6. The molecule has 0 bridgehead atoms. The maximum absolute atomic E-state index is 13.6. The van der Waals surface area contributed by atoms with Gasteiger partial charge in [-0.05, 0) is 61.7 Å². The summed E-state index contributed by atoms with van der Waals surface area (Å²) < 4.78 is 30.7. The number of rotatable bonds is 9. The predicted octanol–water partition coefficient (Wildman–Crippen LogP) is 6.37. The first-order valence-electron chi connectivity index (χ1n) is 13.0. The van der Waals surface area contributed by atoms with E-state index in [1.54, 1.807) is 69.6 Å². The van der Waals surface area contributed by atoms with Crippen molar-refractivity contribution >= 4 is 16.8 Å². The van der Waals surface area contributed by atoms with Crippen LogP contribution in [0.25, 0.3) is 22.2 Å². The number of aromatic amines is 1. The van der Waals surface area contributed by atoms with Gasteiger partial charge in [-0.2, -0.15) is 0 Å². The normalized spacial score (nSPS) is 11.0. The van der Waals surface area contributed by atoms with Gasteiger partial charge in [0.15, 0.2) is 22.7 Å². The molecule has 0 radical (unpaired) electrons. The van der Waals surface area contributed by atoms with Crippen LogP contribution in [0, 0.1) is 19.7 Å². The van der Waals surface area contributed by atoms with Crippen LogP contribution in [0.2, 0.25) is 0 Å². The van der Waals surface area contributed by atoms with Gasteiger partial charge in [0.05, 0.1) is 24.8 Å². The number of fused-ring (bicyclic) bond motifs is 1. The number of H-pyrrole nitrogens is 1. The number of halogens is 1. The molecular formula is C32H28FN3O5. The lowest BCUT2D eigenvalue weighted by molar-refractivity contribution is 0.0991. The van der Waals surface area contributed by atoms with Crippen LogP contribution in [-0.2, 0) is 6.42 Å². The second-order valence-electron chi connectivity index (χ2n) is 9.44. The van der Waals surface area contributed by atoms with E-state index in [0.717, 1.165) is 0 Å². The first kappa shape index (κ1) is 27.5. The van der Waals surface area contributed by atoms with Gasteiger partial charge in [0.1, 0.15) is 17.1 Å². The average molecular weight is 554 g/mol. The van der Waals surface area contributed by atoms with Crippen LogP contribution in [0.15, 0.2) is 71.8 Å². The fraction of sp³-hybridized carbons (Fsp3) is 0.188. The van der Waals surface area contributed by atoms with Crippen molar-refractivity contribution < 1.29 is 23.4 Å². The Kier molecular flexibility index (Phi) is 7.78. The minimum Gasteiger partial charge on any atom is -0.491 e. The summed E-state index contributed by atoms with van der Waals surface area (Å²) >= 11 is 0. The van der Waals surface area contributed by atoms with Gasteiger partial charge in [0, 0.05) is 42.2 Å². The van der Waals surface area contributed by atoms with Crippen molar-refractivity contribution in [3.8, 4) is 34.3 Å². The van der Waals surface area contributed by atoms with Crippen LogP contribution in [0.4, 0.5) is 4.39 Å². The van der Waals surface area contributed by atoms with E-state index in [4.69, 9.17) is 14.2 Å². The molecule has 0 aliphatic heterocycles. The Bertz CT molecular complexity index is 1820. The molecule has 1 N–H and O–H groups in total. The van der Waals surface area contributed by atoms with Crippen LogP contribution < -0.4 is 19.6 Å². The van der Waals surface area contributed by atoms with Gasteiger partial charge in [-0.25, -0.2) is 9.37 Å². The van der Waals surface area contributed by atoms with Gasteiger partial charge in [-0.1, -0.05) is 18.2 Å². The molecule has 2 aromatic carbocycles. The Labute approximate surface area is 235 Å². The van der Waals surface area contributed by atoms with Crippen molar-refractivity contribution in [1.29, 1.82) is 0 Å². The topological polar surface area (TPSA) is 103 Å². The van der Waals surface area contributed by atoms with Crippen molar-refractivity contribution in [2.45, 2.75) is 27.2 Å². The Morgan fingerprint density at radius 1 is 1.02 bits per heavy atom. The van der Waals surface area contributed by atoms with E-state index in [9.17, 15) is 14.0 Å². The van der Waals surface area contributed by atoms with Gasteiger partial charge in [0.25, 0.3) is 5.88 Å². The number of nitrogens with zero attached hydrogens (tertiary/aromatic N) is 2. The van der Waals surface area contributed by atoms with Crippen molar-refractivity contribution in [2.24, 2.45) is 0 Å². The zero-order valence-corrected chi connectivity index (χ0v) is 23.1. The number of Topliss-reactive ketones (excluding diaryl/α,β-unsaturated/α-hetero) is 1. The molecule has 0 saturated carbocycles. The van der Waals surface area contributed by atoms with E-state index in [-0.39, 0.29) is 29.0 Å². The van der Waals surface area contributed by atoms with Crippen LogP contribution in [-0.4, -0.2) is 34.5 Å². The lowest BCUT2D eigenvalue weighted by Crippen LogP contribution is -2.20. The molecule has 5 rings (SSSR count). The summed E-state index contributed by atoms with van der Waals surface area (Å²) in [6.07, 6.45) is 3.07. The third kappa shape index (κ3) is 5.65. The van der Waals surface area contributed by atoms with Gasteiger partial charge >= 0.3 is 0 Å². The number of carbonyl (C=O) groups excluding carboxylic acids is 1. The van der Waals surface area contributed by atoms with Crippen LogP contribution in [0.3, 0.4) is 0 Å². The Balaban J connectivity index is 1.37. The number of ketones is 1. The first-order chi connectivity index (χ1) is 19.8. The number of pyridine rings is 3. The molecular weight excluding hydrogens is 525 g/mol. The highest BCUT2D eigenvalue weighted by Gasteiger charge is 2.19. The van der Waals surface area contributed by atoms with Crippen molar-refractivity contribution in [3.63, 3.8) is 0 Å². The third-order valence-electron chi connectivity index (χ3n) is 6.66. The fourth-order valence-electron chi connectivity index (χ4n) is 4.63. The number of nitrogens with one attached hydrogen (secondary N) is 1. The Morgan fingerprint density at radius 3 is 2.51 bits per heavy atom. The minimum atomic E-state index is -0.388. The van der Waals surface area contributed by atoms with Crippen LogP contribution >= 0.6 is 0 Å². The Morgan fingerprint density at radius 2 is 1.80 bits per heavy atom. The number of aryl methyl sites for hydroxylation is 2. The molecule has 9 heteroatoms. The van der Waals surface area contributed by atoms with E-state index in [1.807, 2.05) is 6.92 Å². The molecule has 0 atom stereocenters. The first-order valence-corrected chi connectivity index (χ1v) is 13.0. The largest absolute Gasteiger partial charge is 0.491 e. The summed E-state index contributed by atoms with van der Waals surface area (Å²) in [6.45, 7) is 5.77. The van der Waals surface area contributed by atoms with E-state index in [2.05, 4.69) is 15.0 Å². The lowest BCUT2D eigenvalue weighted by Gasteiger charge is -2.12.